The van der Waals surface area contributed by atoms with Crippen LogP contribution in [-0.2, 0) is 9.53 Å². The van der Waals surface area contributed by atoms with Crippen molar-refractivity contribution in [1.29, 1.82) is 0 Å². The zero-order valence-electron chi connectivity index (χ0n) is 12.4. The van der Waals surface area contributed by atoms with Crippen molar-refractivity contribution in [2.75, 3.05) is 12.4 Å². The third kappa shape index (κ3) is 4.35. The fourth-order valence-electron chi connectivity index (χ4n) is 1.70. The van der Waals surface area contributed by atoms with E-state index in [0.717, 1.165) is 5.56 Å². The summed E-state index contributed by atoms with van der Waals surface area (Å²) < 4.78 is 4.72. The van der Waals surface area contributed by atoms with Gasteiger partial charge in [-0.25, -0.2) is 4.79 Å². The van der Waals surface area contributed by atoms with E-state index in [1.807, 2.05) is 26.8 Å². The maximum absolute atomic E-state index is 11.9. The van der Waals surface area contributed by atoms with Gasteiger partial charge in [0.15, 0.2) is 0 Å². The first-order chi connectivity index (χ1) is 9.35. The molecule has 1 amide bonds. The van der Waals surface area contributed by atoms with Crippen molar-refractivity contribution in [2.24, 2.45) is 11.7 Å². The second kappa shape index (κ2) is 7.05. The van der Waals surface area contributed by atoms with E-state index in [1.165, 1.54) is 7.11 Å². The van der Waals surface area contributed by atoms with E-state index in [0.29, 0.717) is 11.3 Å². The van der Waals surface area contributed by atoms with Crippen molar-refractivity contribution < 1.29 is 14.3 Å². The lowest BCUT2D eigenvalue weighted by molar-refractivity contribution is -0.116. The Morgan fingerprint density at radius 3 is 2.55 bits per heavy atom. The summed E-state index contributed by atoms with van der Waals surface area (Å²) in [6.07, 6.45) is 0.214. The minimum Gasteiger partial charge on any atom is -0.465 e. The molecule has 0 aliphatic carbocycles. The molecule has 20 heavy (non-hydrogen) atoms. The summed E-state index contributed by atoms with van der Waals surface area (Å²) in [6, 6.07) is 5.00. The third-order valence-electron chi connectivity index (χ3n) is 3.13. The fraction of sp³-hybridized carbons (Fsp3) is 0.467. The molecule has 0 aliphatic rings. The number of benzene rings is 1. The maximum Gasteiger partial charge on any atom is 0.339 e. The van der Waals surface area contributed by atoms with Gasteiger partial charge in [0, 0.05) is 12.5 Å². The fourth-order valence-corrected chi connectivity index (χ4v) is 1.70. The number of hydrogen-bond donors (Lipinski definition) is 2. The van der Waals surface area contributed by atoms with Gasteiger partial charge in [-0.2, -0.15) is 0 Å². The molecule has 0 saturated carbocycles. The standard InChI is InChI=1S/C15H22N2O3/c1-9(2)12(16)8-14(18)17-13-6-5-10(3)7-11(13)15(19)20-4/h5-7,9,12H,8,16H2,1-4H3,(H,17,18). The summed E-state index contributed by atoms with van der Waals surface area (Å²) in [5.74, 6) is -0.462. The van der Waals surface area contributed by atoms with Crippen LogP contribution in [0.5, 0.6) is 0 Å². The van der Waals surface area contributed by atoms with Crippen LogP contribution in [0.3, 0.4) is 0 Å². The molecule has 0 aromatic heterocycles. The number of rotatable bonds is 5. The van der Waals surface area contributed by atoms with E-state index >= 15 is 0 Å². The SMILES string of the molecule is COC(=O)c1cc(C)ccc1NC(=O)CC(N)C(C)C. The molecule has 0 bridgehead atoms. The lowest BCUT2D eigenvalue weighted by atomic mass is 10.0. The van der Waals surface area contributed by atoms with Crippen LogP contribution < -0.4 is 11.1 Å². The lowest BCUT2D eigenvalue weighted by Gasteiger charge is -2.16. The molecule has 1 atom stereocenters. The number of esters is 1. The molecule has 1 unspecified atom stereocenters. The molecule has 1 aromatic carbocycles. The Morgan fingerprint density at radius 1 is 1.35 bits per heavy atom. The number of ether oxygens (including phenoxy) is 1. The molecule has 5 heteroatoms. The number of hydrogen-bond acceptors (Lipinski definition) is 4. The number of methoxy groups -OCH3 is 1. The number of amides is 1. The van der Waals surface area contributed by atoms with Crippen molar-refractivity contribution in [3.05, 3.63) is 29.3 Å². The highest BCUT2D eigenvalue weighted by Gasteiger charge is 2.17. The molecule has 0 fully saturated rings. The Bertz CT molecular complexity index is 498. The van der Waals surface area contributed by atoms with Crippen molar-refractivity contribution in [2.45, 2.75) is 33.2 Å². The van der Waals surface area contributed by atoms with Crippen LogP contribution in [0, 0.1) is 12.8 Å². The number of nitrogens with two attached hydrogens (primary N) is 1. The molecule has 0 aliphatic heterocycles. The van der Waals surface area contributed by atoms with Crippen molar-refractivity contribution >= 4 is 17.6 Å². The highest BCUT2D eigenvalue weighted by molar-refractivity contribution is 6.01. The second-order valence-electron chi connectivity index (χ2n) is 5.20. The Labute approximate surface area is 119 Å². The first kappa shape index (κ1) is 16.2. The summed E-state index contributed by atoms with van der Waals surface area (Å²) >= 11 is 0. The minimum absolute atomic E-state index is 0.206. The predicted octanol–water partition coefficient (Wildman–Crippen LogP) is 2.09. The molecular formula is C15H22N2O3. The summed E-state index contributed by atoms with van der Waals surface area (Å²) in [5.41, 5.74) is 7.58. The molecule has 110 valence electrons. The minimum atomic E-state index is -0.475. The van der Waals surface area contributed by atoms with Gasteiger partial charge < -0.3 is 15.8 Å². The smallest absolute Gasteiger partial charge is 0.339 e. The van der Waals surface area contributed by atoms with E-state index < -0.39 is 5.97 Å². The summed E-state index contributed by atoms with van der Waals surface area (Å²) in [6.45, 7) is 5.79. The normalized spacial score (nSPS) is 12.1. The van der Waals surface area contributed by atoms with Crippen LogP contribution in [-0.4, -0.2) is 25.0 Å². The van der Waals surface area contributed by atoms with Crippen LogP contribution in [0.15, 0.2) is 18.2 Å². The molecule has 0 saturated heterocycles. The zero-order valence-corrected chi connectivity index (χ0v) is 12.4. The maximum atomic E-state index is 11.9. The van der Waals surface area contributed by atoms with Gasteiger partial charge in [-0.1, -0.05) is 25.5 Å². The Balaban J connectivity index is 2.87. The monoisotopic (exact) mass is 278 g/mol. The van der Waals surface area contributed by atoms with E-state index in [-0.39, 0.29) is 24.3 Å². The number of nitrogens with one attached hydrogen (secondary N) is 1. The molecule has 0 radical (unpaired) electrons. The molecule has 1 aromatic rings. The first-order valence-electron chi connectivity index (χ1n) is 6.59. The van der Waals surface area contributed by atoms with Gasteiger partial charge in [0.2, 0.25) is 5.91 Å². The predicted molar refractivity (Wildman–Crippen MR) is 78.6 cm³/mol. The molecule has 1 rings (SSSR count). The summed E-state index contributed by atoms with van der Waals surface area (Å²) in [5, 5.41) is 2.72. The largest absolute Gasteiger partial charge is 0.465 e. The van der Waals surface area contributed by atoms with E-state index in [4.69, 9.17) is 10.5 Å². The molecule has 3 N–H and O–H groups in total. The zero-order chi connectivity index (χ0) is 15.3. The van der Waals surface area contributed by atoms with E-state index in [2.05, 4.69) is 5.32 Å². The van der Waals surface area contributed by atoms with Gasteiger partial charge in [0.05, 0.1) is 18.4 Å². The number of carbonyl (C=O) groups is 2. The van der Waals surface area contributed by atoms with Crippen LogP contribution in [0.25, 0.3) is 0 Å². The quantitative estimate of drug-likeness (QED) is 0.808. The summed E-state index contributed by atoms with van der Waals surface area (Å²) in [7, 11) is 1.31. The number of anilines is 1. The Hall–Kier alpha value is -1.88. The third-order valence-corrected chi connectivity index (χ3v) is 3.13. The van der Waals surface area contributed by atoms with E-state index in [1.54, 1.807) is 12.1 Å². The van der Waals surface area contributed by atoms with Gasteiger partial charge >= 0.3 is 5.97 Å². The lowest BCUT2D eigenvalue weighted by Crippen LogP contribution is -2.31. The van der Waals surface area contributed by atoms with Crippen molar-refractivity contribution in [3.8, 4) is 0 Å². The highest BCUT2D eigenvalue weighted by atomic mass is 16.5. The highest BCUT2D eigenvalue weighted by Crippen LogP contribution is 2.19. The van der Waals surface area contributed by atoms with Gasteiger partial charge in [0.25, 0.3) is 0 Å². The molecular weight excluding hydrogens is 256 g/mol. The van der Waals surface area contributed by atoms with Crippen LogP contribution in [0.2, 0.25) is 0 Å². The topological polar surface area (TPSA) is 81.4 Å². The second-order valence-corrected chi connectivity index (χ2v) is 5.20. The van der Waals surface area contributed by atoms with Gasteiger partial charge in [-0.3, -0.25) is 4.79 Å². The average molecular weight is 278 g/mol. The number of aryl methyl sites for hydroxylation is 1. The van der Waals surface area contributed by atoms with Crippen molar-refractivity contribution in [3.63, 3.8) is 0 Å². The van der Waals surface area contributed by atoms with Gasteiger partial charge in [-0.15, -0.1) is 0 Å². The van der Waals surface area contributed by atoms with Crippen LogP contribution in [0.1, 0.15) is 36.2 Å². The van der Waals surface area contributed by atoms with Gasteiger partial charge in [-0.05, 0) is 25.0 Å². The summed E-state index contributed by atoms with van der Waals surface area (Å²) in [4.78, 5) is 23.6. The van der Waals surface area contributed by atoms with Crippen molar-refractivity contribution in [1.82, 2.24) is 0 Å². The molecule has 0 heterocycles. The molecule has 5 nitrogen and oxygen atoms in total. The van der Waals surface area contributed by atoms with Crippen LogP contribution >= 0.6 is 0 Å². The number of carbonyl (C=O) groups excluding carboxylic acids is 2. The molecule has 0 spiro atoms. The Morgan fingerprint density at radius 2 is 2.00 bits per heavy atom. The first-order valence-corrected chi connectivity index (χ1v) is 6.59. The van der Waals surface area contributed by atoms with E-state index in [9.17, 15) is 9.59 Å². The van der Waals surface area contributed by atoms with Gasteiger partial charge in [0.1, 0.15) is 0 Å². The van der Waals surface area contributed by atoms with Crippen LogP contribution in [0.4, 0.5) is 5.69 Å². The Kier molecular flexibility index (Phi) is 5.70. The average Bonchev–Trinajstić information content (AvgIpc) is 2.39.